The van der Waals surface area contributed by atoms with Gasteiger partial charge in [-0.2, -0.15) is 24.1 Å². The van der Waals surface area contributed by atoms with Crippen LogP contribution in [-0.2, 0) is 0 Å². The maximum atomic E-state index is 11.1. The van der Waals surface area contributed by atoms with Gasteiger partial charge in [-0.1, -0.05) is 0 Å². The van der Waals surface area contributed by atoms with Crippen LogP contribution >= 0.6 is 10.9 Å². The number of rotatable bonds is 0. The van der Waals surface area contributed by atoms with Crippen molar-refractivity contribution in [3.8, 4) is 0 Å². The fourth-order valence-corrected chi connectivity index (χ4v) is 0. The topological polar surface area (TPSA) is 0 Å². The van der Waals surface area contributed by atoms with Crippen molar-refractivity contribution in [1.29, 1.82) is 0 Å². The molecule has 0 nitrogen and oxygen atoms in total. The molecule has 1 unspecified atom stereocenters. The average Bonchev–Trinajstić information content (AvgIpc) is 1.31. The van der Waals surface area contributed by atoms with Crippen LogP contribution < -0.4 is 0 Å². The van der Waals surface area contributed by atoms with Crippen LogP contribution in [0.3, 0.4) is 0 Å². The average molecular weight is 131 g/mol. The second-order valence-electron chi connectivity index (χ2n) is 1.17. The molecule has 0 rings (SSSR count). The van der Waals surface area contributed by atoms with E-state index in [9.17, 15) is 13.2 Å². The van der Waals surface area contributed by atoms with E-state index in [2.05, 4.69) is 6.26 Å². The van der Waals surface area contributed by atoms with E-state index in [4.69, 9.17) is 0 Å². The highest BCUT2D eigenvalue weighted by Gasteiger charge is 2.29. The van der Waals surface area contributed by atoms with Crippen LogP contribution in [0, 0.1) is 6.26 Å². The van der Waals surface area contributed by atoms with Gasteiger partial charge in [0, 0.05) is 0 Å². The molecule has 0 fully saturated rings. The highest BCUT2D eigenvalue weighted by Crippen LogP contribution is 2.40. The van der Waals surface area contributed by atoms with Crippen molar-refractivity contribution in [3.63, 3.8) is 0 Å². The third kappa shape index (κ3) is 2.79. The Morgan fingerprint density at radius 2 is 1.57 bits per heavy atom. The molecule has 0 aromatic carbocycles. The van der Waals surface area contributed by atoms with Crippen molar-refractivity contribution in [3.05, 3.63) is 6.26 Å². The van der Waals surface area contributed by atoms with Crippen LogP contribution in [0.2, 0.25) is 0 Å². The van der Waals surface area contributed by atoms with Crippen LogP contribution in [0.25, 0.3) is 0 Å². The second-order valence-corrected chi connectivity index (χ2v) is 3.07. The molecule has 45 valence electrons. The smallest absolute Gasteiger partial charge is 0.162 e. The molecule has 0 amide bonds. The molecule has 0 aliphatic heterocycles. The molecule has 0 saturated heterocycles. The van der Waals surface area contributed by atoms with Crippen LogP contribution in [0.15, 0.2) is 0 Å². The zero-order chi connectivity index (χ0) is 6.08. The lowest BCUT2D eigenvalue weighted by atomic mass is 11.5. The molecular weight excluding hydrogens is 125 g/mol. The molecule has 1 atom stereocenters. The van der Waals surface area contributed by atoms with Gasteiger partial charge in [-0.25, -0.2) is 0 Å². The number of thiol groups is 1. The lowest BCUT2D eigenvalue weighted by Crippen LogP contribution is -2.03. The normalized spacial score (nSPS) is 14.1. The Morgan fingerprint density at radius 3 is 1.57 bits per heavy atom. The predicted molar refractivity (Wildman–Crippen MR) is 26.3 cm³/mol. The van der Waals surface area contributed by atoms with Crippen molar-refractivity contribution in [2.45, 2.75) is 5.51 Å². The van der Waals surface area contributed by atoms with Crippen LogP contribution in [0.5, 0.6) is 0 Å². The SMILES string of the molecule is [CH2][SH](C)C(F)(F)F. The van der Waals surface area contributed by atoms with Gasteiger partial charge in [0.05, 0.1) is 0 Å². The molecule has 0 aromatic rings. The highest BCUT2D eigenvalue weighted by molar-refractivity contribution is 8.18. The Morgan fingerprint density at radius 1 is 1.43 bits per heavy atom. The molecule has 0 heterocycles. The quantitative estimate of drug-likeness (QED) is 0.477. The summed E-state index contributed by atoms with van der Waals surface area (Å²) < 4.78 is 33.4. The largest absolute Gasteiger partial charge is 0.423 e. The van der Waals surface area contributed by atoms with Crippen molar-refractivity contribution < 1.29 is 13.2 Å². The maximum absolute atomic E-state index is 11.1. The summed E-state index contributed by atoms with van der Waals surface area (Å²) >= 11 is 0. The Hall–Kier alpha value is 0.140. The van der Waals surface area contributed by atoms with Crippen molar-refractivity contribution >= 4 is 10.9 Å². The van der Waals surface area contributed by atoms with Crippen LogP contribution in [0.1, 0.15) is 0 Å². The molecule has 0 bridgehead atoms. The summed E-state index contributed by atoms with van der Waals surface area (Å²) in [5.74, 6) is 0. The molecule has 0 saturated carbocycles. The number of halogens is 3. The molecule has 0 aliphatic carbocycles. The summed E-state index contributed by atoms with van der Waals surface area (Å²) in [6.45, 7) is 0. The standard InChI is InChI=1S/C3H6F3S/c1-7(2)3(4,5)6/h7H,1H2,2H3. The Bertz CT molecular complexity index is 55.7. The third-order valence-electron chi connectivity index (χ3n) is 0.433. The van der Waals surface area contributed by atoms with Gasteiger partial charge in [0.25, 0.3) is 0 Å². The fourth-order valence-electron chi connectivity index (χ4n) is 0. The van der Waals surface area contributed by atoms with E-state index in [1.807, 2.05) is 0 Å². The Balaban J connectivity index is 3.54. The Labute approximate surface area is 43.1 Å². The summed E-state index contributed by atoms with van der Waals surface area (Å²) in [7, 11) is -1.99. The first-order valence-corrected chi connectivity index (χ1v) is 3.53. The molecule has 0 aliphatic rings. The Kier molecular flexibility index (Phi) is 1.98. The number of hydrogen-bond donors (Lipinski definition) is 1. The van der Waals surface area contributed by atoms with E-state index in [0.717, 1.165) is 6.26 Å². The minimum atomic E-state index is -4.05. The van der Waals surface area contributed by atoms with Crippen molar-refractivity contribution in [1.82, 2.24) is 0 Å². The zero-order valence-electron chi connectivity index (χ0n) is 3.79. The number of hydrogen-bond acceptors (Lipinski definition) is 0. The van der Waals surface area contributed by atoms with Crippen LogP contribution in [-0.4, -0.2) is 11.8 Å². The molecule has 0 spiro atoms. The van der Waals surface area contributed by atoms with Crippen molar-refractivity contribution in [2.75, 3.05) is 6.26 Å². The third-order valence-corrected chi connectivity index (χ3v) is 1.30. The van der Waals surface area contributed by atoms with Crippen LogP contribution in [0.4, 0.5) is 13.2 Å². The first-order chi connectivity index (χ1) is 2.94. The number of alkyl halides is 3. The summed E-state index contributed by atoms with van der Waals surface area (Å²) in [6, 6.07) is 0. The maximum Gasteiger partial charge on any atom is 0.423 e. The first-order valence-electron chi connectivity index (χ1n) is 1.55. The van der Waals surface area contributed by atoms with E-state index in [1.54, 1.807) is 0 Å². The molecule has 0 N–H and O–H groups in total. The predicted octanol–water partition coefficient (Wildman–Crippen LogP) is 1.93. The molecule has 4 heteroatoms. The summed E-state index contributed by atoms with van der Waals surface area (Å²) in [6.07, 6.45) is 3.93. The van der Waals surface area contributed by atoms with Gasteiger partial charge in [-0.15, -0.1) is 0 Å². The second kappa shape index (κ2) is 1.94. The monoisotopic (exact) mass is 131 g/mol. The van der Waals surface area contributed by atoms with Gasteiger partial charge in [0.1, 0.15) is 0 Å². The van der Waals surface area contributed by atoms with Gasteiger partial charge in [0.15, 0.2) is 0 Å². The molecule has 1 radical (unpaired) electrons. The first kappa shape index (κ1) is 7.14. The molecule has 0 aromatic heterocycles. The summed E-state index contributed by atoms with van der Waals surface area (Å²) in [5, 5.41) is 0. The van der Waals surface area contributed by atoms with E-state index in [0.29, 0.717) is 0 Å². The van der Waals surface area contributed by atoms with Gasteiger partial charge in [-0.05, 0) is 12.5 Å². The lowest BCUT2D eigenvalue weighted by Gasteiger charge is -2.11. The van der Waals surface area contributed by atoms with E-state index >= 15 is 0 Å². The summed E-state index contributed by atoms with van der Waals surface area (Å²) in [4.78, 5) is 0. The van der Waals surface area contributed by atoms with E-state index in [-0.39, 0.29) is 0 Å². The fraction of sp³-hybridized carbons (Fsp3) is 0.667. The van der Waals surface area contributed by atoms with Gasteiger partial charge in [0.2, 0.25) is 0 Å². The van der Waals surface area contributed by atoms with Gasteiger partial charge >= 0.3 is 5.51 Å². The van der Waals surface area contributed by atoms with Gasteiger partial charge < -0.3 is 0 Å². The lowest BCUT2D eigenvalue weighted by molar-refractivity contribution is -0.0342. The minimum Gasteiger partial charge on any atom is -0.162 e. The van der Waals surface area contributed by atoms with E-state index in [1.165, 1.54) is 0 Å². The highest BCUT2D eigenvalue weighted by atomic mass is 32.2. The van der Waals surface area contributed by atoms with Crippen molar-refractivity contribution in [2.24, 2.45) is 0 Å². The van der Waals surface area contributed by atoms with E-state index < -0.39 is 16.4 Å². The van der Waals surface area contributed by atoms with Gasteiger partial charge in [-0.3, -0.25) is 0 Å². The molecule has 7 heavy (non-hydrogen) atoms. The zero-order valence-corrected chi connectivity index (χ0v) is 4.68. The summed E-state index contributed by atoms with van der Waals surface area (Å²) in [5.41, 5.74) is -4.05. The molecular formula is C3H6F3S. The minimum absolute atomic E-state index is 1.08.